The van der Waals surface area contributed by atoms with Crippen LogP contribution in [0.5, 0.6) is 5.75 Å². The summed E-state index contributed by atoms with van der Waals surface area (Å²) in [6.45, 7) is 2.43. The Labute approximate surface area is 189 Å². The van der Waals surface area contributed by atoms with Gasteiger partial charge in [0.1, 0.15) is 10.6 Å². The molecule has 7 nitrogen and oxygen atoms in total. The Bertz CT molecular complexity index is 1200. The van der Waals surface area contributed by atoms with Crippen molar-refractivity contribution in [3.8, 4) is 16.3 Å². The maximum Gasteiger partial charge on any atom is 0.251 e. The van der Waals surface area contributed by atoms with E-state index < -0.39 is 10.0 Å². The lowest BCUT2D eigenvalue weighted by Crippen LogP contribution is -2.28. The second-order valence-corrected chi connectivity index (χ2v) is 11.2. The van der Waals surface area contributed by atoms with E-state index in [9.17, 15) is 13.2 Å². The molecule has 0 radical (unpaired) electrons. The van der Waals surface area contributed by atoms with E-state index in [0.29, 0.717) is 13.0 Å². The lowest BCUT2D eigenvalue weighted by molar-refractivity contribution is 0.0954. The maximum atomic E-state index is 12.6. The Morgan fingerprint density at radius 1 is 1.26 bits per heavy atom. The molecule has 2 aromatic heterocycles. The third-order valence-corrected chi connectivity index (χ3v) is 8.29. The predicted molar refractivity (Wildman–Crippen MR) is 123 cm³/mol. The van der Waals surface area contributed by atoms with Gasteiger partial charge in [-0.3, -0.25) is 4.79 Å². The average Bonchev–Trinajstić information content (AvgIpc) is 3.23. The Balaban J connectivity index is 1.39. The van der Waals surface area contributed by atoms with Gasteiger partial charge in [-0.25, -0.2) is 18.1 Å². The van der Waals surface area contributed by atoms with Gasteiger partial charge < -0.3 is 10.1 Å². The van der Waals surface area contributed by atoms with Crippen LogP contribution in [0.4, 0.5) is 0 Å². The van der Waals surface area contributed by atoms with Gasteiger partial charge in [-0.15, -0.1) is 22.7 Å². The molecule has 1 aliphatic rings. The minimum atomic E-state index is -3.74. The van der Waals surface area contributed by atoms with Crippen molar-refractivity contribution in [1.82, 2.24) is 15.0 Å². The number of nitrogens with one attached hydrogen (secondary N) is 2. The normalized spacial score (nSPS) is 13.9. The number of thiazole rings is 1. The lowest BCUT2D eigenvalue weighted by atomic mass is 10.2. The number of thiophene rings is 1. The zero-order valence-corrected chi connectivity index (χ0v) is 19.6. The SMILES string of the molecule is COc1ccc(C(=O)NCCc2ccc(-c3csc(C)n3)s2)cc1S(=O)(=O)NC1CC1. The highest BCUT2D eigenvalue weighted by Gasteiger charge is 2.30. The summed E-state index contributed by atoms with van der Waals surface area (Å²) in [4.78, 5) is 19.3. The van der Waals surface area contributed by atoms with E-state index in [1.54, 1.807) is 28.7 Å². The first-order chi connectivity index (χ1) is 14.9. The summed E-state index contributed by atoms with van der Waals surface area (Å²) in [5, 5.41) is 5.94. The largest absolute Gasteiger partial charge is 0.495 e. The minimum Gasteiger partial charge on any atom is -0.495 e. The summed E-state index contributed by atoms with van der Waals surface area (Å²) < 4.78 is 33.1. The zero-order chi connectivity index (χ0) is 22.0. The van der Waals surface area contributed by atoms with Crippen LogP contribution in [-0.2, 0) is 16.4 Å². The first-order valence-electron chi connectivity index (χ1n) is 9.85. The van der Waals surface area contributed by atoms with Gasteiger partial charge in [0.15, 0.2) is 0 Å². The standard InChI is InChI=1S/C21H23N3O4S3/c1-13-23-17(12-29-13)19-8-6-16(30-19)9-10-22-21(25)14-3-7-18(28-2)20(11-14)31(26,27)24-15-4-5-15/h3,6-8,11-12,15,24H,4-5,9-10H2,1-2H3,(H,22,25). The van der Waals surface area contributed by atoms with E-state index in [1.807, 2.05) is 24.4 Å². The molecule has 3 aromatic rings. The Morgan fingerprint density at radius 2 is 2.06 bits per heavy atom. The zero-order valence-electron chi connectivity index (χ0n) is 17.2. The third kappa shape index (κ3) is 5.32. The number of aromatic nitrogens is 1. The number of carbonyl (C=O) groups is 1. The van der Waals surface area contributed by atoms with Crippen molar-refractivity contribution < 1.29 is 17.9 Å². The second-order valence-electron chi connectivity index (χ2n) is 7.28. The molecule has 1 aromatic carbocycles. The topological polar surface area (TPSA) is 97.4 Å². The van der Waals surface area contributed by atoms with Crippen molar-refractivity contribution in [2.24, 2.45) is 0 Å². The molecule has 2 N–H and O–H groups in total. The van der Waals surface area contributed by atoms with Crippen molar-refractivity contribution in [3.05, 3.63) is 51.2 Å². The van der Waals surface area contributed by atoms with E-state index in [4.69, 9.17) is 4.74 Å². The van der Waals surface area contributed by atoms with Gasteiger partial charge in [-0.1, -0.05) is 0 Å². The van der Waals surface area contributed by atoms with Crippen molar-refractivity contribution in [2.75, 3.05) is 13.7 Å². The van der Waals surface area contributed by atoms with E-state index in [1.165, 1.54) is 19.2 Å². The van der Waals surface area contributed by atoms with Crippen LogP contribution in [0.1, 0.15) is 33.1 Å². The number of benzene rings is 1. The van der Waals surface area contributed by atoms with Gasteiger partial charge in [0.25, 0.3) is 5.91 Å². The number of amides is 1. The molecule has 0 saturated heterocycles. The van der Waals surface area contributed by atoms with E-state index in [2.05, 4.69) is 15.0 Å². The Hall–Kier alpha value is -2.27. The van der Waals surface area contributed by atoms with Crippen molar-refractivity contribution in [3.63, 3.8) is 0 Å². The lowest BCUT2D eigenvalue weighted by Gasteiger charge is -2.12. The van der Waals surface area contributed by atoms with Gasteiger partial charge in [0.05, 0.1) is 22.7 Å². The van der Waals surface area contributed by atoms with Crippen LogP contribution in [-0.4, -0.2) is 39.0 Å². The fourth-order valence-electron chi connectivity index (χ4n) is 3.04. The summed E-state index contributed by atoms with van der Waals surface area (Å²) in [5.41, 5.74) is 1.26. The van der Waals surface area contributed by atoms with Crippen LogP contribution in [0.25, 0.3) is 10.6 Å². The Kier molecular flexibility index (Phi) is 6.42. The fraction of sp³-hybridized carbons (Fsp3) is 0.333. The highest BCUT2D eigenvalue weighted by Crippen LogP contribution is 2.30. The molecular weight excluding hydrogens is 454 g/mol. The van der Waals surface area contributed by atoms with E-state index >= 15 is 0 Å². The van der Waals surface area contributed by atoms with Crippen LogP contribution >= 0.6 is 22.7 Å². The molecule has 0 unspecified atom stereocenters. The van der Waals surface area contributed by atoms with Gasteiger partial charge in [-0.05, 0) is 56.5 Å². The molecular formula is C21H23N3O4S3. The molecule has 4 rings (SSSR count). The number of methoxy groups -OCH3 is 1. The van der Waals surface area contributed by atoms with E-state index in [-0.39, 0.29) is 28.2 Å². The molecule has 0 atom stereocenters. The summed E-state index contributed by atoms with van der Waals surface area (Å²) in [6.07, 6.45) is 2.34. The summed E-state index contributed by atoms with van der Waals surface area (Å²) in [5.74, 6) is -0.106. The number of nitrogens with zero attached hydrogens (tertiary/aromatic N) is 1. The van der Waals surface area contributed by atoms with Gasteiger partial charge in [0, 0.05) is 28.4 Å². The number of aryl methyl sites for hydroxylation is 1. The van der Waals surface area contributed by atoms with Gasteiger partial charge in [-0.2, -0.15) is 0 Å². The Morgan fingerprint density at radius 3 is 2.74 bits per heavy atom. The number of hydrogen-bond donors (Lipinski definition) is 2. The molecule has 31 heavy (non-hydrogen) atoms. The summed E-state index contributed by atoms with van der Waals surface area (Å²) in [7, 11) is -2.33. The minimum absolute atomic E-state index is 0.0176. The van der Waals surface area contributed by atoms with Gasteiger partial charge >= 0.3 is 0 Å². The van der Waals surface area contributed by atoms with E-state index in [0.717, 1.165) is 33.3 Å². The number of sulfonamides is 1. The van der Waals surface area contributed by atoms with Crippen LogP contribution in [0.15, 0.2) is 40.6 Å². The monoisotopic (exact) mass is 477 g/mol. The molecule has 1 aliphatic carbocycles. The van der Waals surface area contributed by atoms with Crippen LogP contribution in [0.3, 0.4) is 0 Å². The molecule has 1 amide bonds. The molecule has 1 fully saturated rings. The highest BCUT2D eigenvalue weighted by molar-refractivity contribution is 7.89. The predicted octanol–water partition coefficient (Wildman–Crippen LogP) is 3.60. The molecule has 1 saturated carbocycles. The smallest absolute Gasteiger partial charge is 0.251 e. The quantitative estimate of drug-likeness (QED) is 0.491. The van der Waals surface area contributed by atoms with Crippen molar-refractivity contribution in [2.45, 2.75) is 37.1 Å². The molecule has 164 valence electrons. The first kappa shape index (κ1) is 21.9. The second kappa shape index (κ2) is 9.07. The van der Waals surface area contributed by atoms with Crippen molar-refractivity contribution in [1.29, 1.82) is 0 Å². The van der Waals surface area contributed by atoms with Crippen LogP contribution in [0.2, 0.25) is 0 Å². The van der Waals surface area contributed by atoms with Crippen LogP contribution in [0, 0.1) is 6.92 Å². The van der Waals surface area contributed by atoms with Crippen molar-refractivity contribution >= 4 is 38.6 Å². The maximum absolute atomic E-state index is 12.6. The average molecular weight is 478 g/mol. The van der Waals surface area contributed by atoms with Gasteiger partial charge in [0.2, 0.25) is 10.0 Å². The highest BCUT2D eigenvalue weighted by atomic mass is 32.2. The number of ether oxygens (including phenoxy) is 1. The molecule has 0 bridgehead atoms. The molecule has 0 aliphatic heterocycles. The first-order valence-corrected chi connectivity index (χ1v) is 13.0. The summed E-state index contributed by atoms with van der Waals surface area (Å²) >= 11 is 3.28. The molecule has 2 heterocycles. The number of carbonyl (C=O) groups excluding carboxylic acids is 1. The summed E-state index contributed by atoms with van der Waals surface area (Å²) in [6, 6.07) is 8.51. The third-order valence-electron chi connectivity index (χ3n) is 4.80. The van der Waals surface area contributed by atoms with Crippen LogP contribution < -0.4 is 14.8 Å². The number of hydrogen-bond acceptors (Lipinski definition) is 7. The molecule has 0 spiro atoms. The molecule has 10 heteroatoms. The fourth-order valence-corrected chi connectivity index (χ4v) is 6.20. The number of rotatable bonds is 9.